The fourth-order valence-electron chi connectivity index (χ4n) is 2.62. The molecule has 1 aromatic rings. The van der Waals surface area contributed by atoms with Gasteiger partial charge in [-0.15, -0.1) is 5.10 Å². The Balaban J connectivity index is 1.88. The molecule has 0 spiro atoms. The molecule has 1 saturated heterocycles. The predicted molar refractivity (Wildman–Crippen MR) is 57.7 cm³/mol. The van der Waals surface area contributed by atoms with Crippen LogP contribution in [0.2, 0.25) is 0 Å². The molecule has 1 aromatic heterocycles. The summed E-state index contributed by atoms with van der Waals surface area (Å²) < 4.78 is 1.56. The standard InChI is InChI=1S/C11H14N4O/c1-14-7-10(12-13-14)11(16)15-8-3-2-4-9(15)6-5-8/h2-3,7-9H,4-6H2,1H3. The summed E-state index contributed by atoms with van der Waals surface area (Å²) in [5, 5.41) is 7.69. The van der Waals surface area contributed by atoms with E-state index in [2.05, 4.69) is 22.5 Å². The minimum absolute atomic E-state index is 0.0185. The summed E-state index contributed by atoms with van der Waals surface area (Å²) in [6, 6.07) is 0.637. The first kappa shape index (κ1) is 9.57. The molecule has 5 nitrogen and oxygen atoms in total. The number of amides is 1. The van der Waals surface area contributed by atoms with Gasteiger partial charge in [0, 0.05) is 13.1 Å². The van der Waals surface area contributed by atoms with Crippen molar-refractivity contribution in [1.29, 1.82) is 0 Å². The lowest BCUT2D eigenvalue weighted by molar-refractivity contribution is 0.0682. The third-order valence-electron chi connectivity index (χ3n) is 3.37. The average Bonchev–Trinajstić information content (AvgIpc) is 2.80. The van der Waals surface area contributed by atoms with Crippen LogP contribution in [0.1, 0.15) is 29.8 Å². The third-order valence-corrected chi connectivity index (χ3v) is 3.37. The molecule has 1 amide bonds. The van der Waals surface area contributed by atoms with Crippen molar-refractivity contribution in [3.8, 4) is 0 Å². The van der Waals surface area contributed by atoms with E-state index in [4.69, 9.17) is 0 Å². The lowest BCUT2D eigenvalue weighted by atomic mass is 10.1. The highest BCUT2D eigenvalue weighted by molar-refractivity contribution is 5.92. The van der Waals surface area contributed by atoms with Crippen molar-refractivity contribution in [2.24, 2.45) is 7.05 Å². The first-order valence-electron chi connectivity index (χ1n) is 5.61. The van der Waals surface area contributed by atoms with Crippen molar-refractivity contribution in [3.05, 3.63) is 24.0 Å². The highest BCUT2D eigenvalue weighted by atomic mass is 16.2. The van der Waals surface area contributed by atoms with Crippen molar-refractivity contribution in [2.75, 3.05) is 0 Å². The van der Waals surface area contributed by atoms with E-state index in [-0.39, 0.29) is 11.9 Å². The Bertz CT molecular complexity index is 451. The molecule has 0 saturated carbocycles. The number of nitrogens with zero attached hydrogens (tertiary/aromatic N) is 4. The minimum atomic E-state index is 0.0185. The maximum atomic E-state index is 12.3. The second-order valence-electron chi connectivity index (χ2n) is 4.45. The summed E-state index contributed by atoms with van der Waals surface area (Å²) in [5.41, 5.74) is 0.453. The van der Waals surface area contributed by atoms with E-state index in [9.17, 15) is 4.79 Å². The number of hydrogen-bond acceptors (Lipinski definition) is 3. The van der Waals surface area contributed by atoms with Crippen molar-refractivity contribution in [1.82, 2.24) is 19.9 Å². The lowest BCUT2D eigenvalue weighted by Gasteiger charge is -2.30. The van der Waals surface area contributed by atoms with Gasteiger partial charge in [-0.3, -0.25) is 9.48 Å². The van der Waals surface area contributed by atoms with Crippen molar-refractivity contribution < 1.29 is 4.79 Å². The van der Waals surface area contributed by atoms with Gasteiger partial charge in [0.25, 0.3) is 5.91 Å². The van der Waals surface area contributed by atoms with Crippen LogP contribution >= 0.6 is 0 Å². The van der Waals surface area contributed by atoms with Crippen molar-refractivity contribution in [3.63, 3.8) is 0 Å². The number of aryl methyl sites for hydroxylation is 1. The van der Waals surface area contributed by atoms with Crippen LogP contribution in [-0.2, 0) is 7.05 Å². The molecular formula is C11H14N4O. The van der Waals surface area contributed by atoms with Gasteiger partial charge in [-0.25, -0.2) is 0 Å². The first-order valence-corrected chi connectivity index (χ1v) is 5.61. The summed E-state index contributed by atoms with van der Waals surface area (Å²) in [6.45, 7) is 0. The number of carbonyl (C=O) groups excluding carboxylic acids is 1. The molecule has 2 unspecified atom stereocenters. The average molecular weight is 218 g/mol. The van der Waals surface area contributed by atoms with Gasteiger partial charge in [-0.2, -0.15) is 0 Å². The molecule has 2 bridgehead atoms. The Morgan fingerprint density at radius 2 is 2.38 bits per heavy atom. The van der Waals surface area contributed by atoms with E-state index in [1.807, 2.05) is 4.90 Å². The molecule has 16 heavy (non-hydrogen) atoms. The molecule has 0 aromatic carbocycles. The van der Waals surface area contributed by atoms with Crippen LogP contribution in [-0.4, -0.2) is 37.9 Å². The second kappa shape index (κ2) is 3.43. The lowest BCUT2D eigenvalue weighted by Crippen LogP contribution is -2.42. The van der Waals surface area contributed by atoms with Crippen molar-refractivity contribution >= 4 is 5.91 Å². The van der Waals surface area contributed by atoms with E-state index in [1.54, 1.807) is 17.9 Å². The van der Waals surface area contributed by atoms with Crippen LogP contribution in [0.4, 0.5) is 0 Å². The number of rotatable bonds is 1. The molecular weight excluding hydrogens is 204 g/mol. The molecule has 3 rings (SSSR count). The number of aromatic nitrogens is 3. The minimum Gasteiger partial charge on any atom is -0.327 e. The summed E-state index contributed by atoms with van der Waals surface area (Å²) in [6.07, 6.45) is 9.15. The quantitative estimate of drug-likeness (QED) is 0.653. The number of carbonyl (C=O) groups is 1. The van der Waals surface area contributed by atoms with Gasteiger partial charge in [0.1, 0.15) is 0 Å². The van der Waals surface area contributed by atoms with E-state index in [1.165, 1.54) is 0 Å². The zero-order chi connectivity index (χ0) is 11.1. The predicted octanol–water partition coefficient (Wildman–Crippen LogP) is 0.748. The van der Waals surface area contributed by atoms with Gasteiger partial charge in [0.2, 0.25) is 0 Å². The Hall–Kier alpha value is -1.65. The maximum absolute atomic E-state index is 12.3. The van der Waals surface area contributed by atoms with Crippen LogP contribution < -0.4 is 0 Å². The second-order valence-corrected chi connectivity index (χ2v) is 4.45. The van der Waals surface area contributed by atoms with E-state index >= 15 is 0 Å². The number of hydrogen-bond donors (Lipinski definition) is 0. The van der Waals surface area contributed by atoms with E-state index < -0.39 is 0 Å². The Morgan fingerprint density at radius 1 is 1.50 bits per heavy atom. The van der Waals surface area contributed by atoms with Crippen molar-refractivity contribution in [2.45, 2.75) is 31.3 Å². The molecule has 84 valence electrons. The van der Waals surface area contributed by atoms with Gasteiger partial charge < -0.3 is 4.90 Å². The van der Waals surface area contributed by atoms with Gasteiger partial charge in [0.05, 0.1) is 12.2 Å². The maximum Gasteiger partial charge on any atom is 0.276 e. The SMILES string of the molecule is Cn1cc(C(=O)N2C3C=CCC2CC3)nn1. The molecule has 2 atom stereocenters. The Labute approximate surface area is 93.7 Å². The molecule has 0 N–H and O–H groups in total. The topological polar surface area (TPSA) is 51.0 Å². The third kappa shape index (κ3) is 1.35. The van der Waals surface area contributed by atoms with Gasteiger partial charge in [0.15, 0.2) is 5.69 Å². The molecule has 0 aliphatic carbocycles. The van der Waals surface area contributed by atoms with Gasteiger partial charge in [-0.1, -0.05) is 17.4 Å². The number of fused-ring (bicyclic) bond motifs is 2. The molecule has 3 heterocycles. The highest BCUT2D eigenvalue weighted by Crippen LogP contribution is 2.32. The Kier molecular flexibility index (Phi) is 2.05. The fraction of sp³-hybridized carbons (Fsp3) is 0.545. The highest BCUT2D eigenvalue weighted by Gasteiger charge is 2.38. The molecule has 2 aliphatic heterocycles. The zero-order valence-electron chi connectivity index (χ0n) is 9.21. The normalized spacial score (nSPS) is 27.4. The molecule has 0 radical (unpaired) electrons. The summed E-state index contributed by atoms with van der Waals surface area (Å²) in [5.74, 6) is 0.0185. The smallest absolute Gasteiger partial charge is 0.276 e. The summed E-state index contributed by atoms with van der Waals surface area (Å²) in [4.78, 5) is 14.2. The Morgan fingerprint density at radius 3 is 3.06 bits per heavy atom. The van der Waals surface area contributed by atoms with Gasteiger partial charge in [-0.05, 0) is 19.3 Å². The van der Waals surface area contributed by atoms with Crippen LogP contribution in [0.25, 0.3) is 0 Å². The zero-order valence-corrected chi connectivity index (χ0v) is 9.21. The molecule has 2 aliphatic rings. The largest absolute Gasteiger partial charge is 0.327 e. The van der Waals surface area contributed by atoms with Crippen LogP contribution in [0.15, 0.2) is 18.3 Å². The van der Waals surface area contributed by atoms with Crippen LogP contribution in [0.3, 0.4) is 0 Å². The first-order chi connectivity index (χ1) is 7.75. The molecule has 5 heteroatoms. The van der Waals surface area contributed by atoms with E-state index in [0.29, 0.717) is 11.7 Å². The van der Waals surface area contributed by atoms with E-state index in [0.717, 1.165) is 19.3 Å². The van der Waals surface area contributed by atoms with Crippen LogP contribution in [0, 0.1) is 0 Å². The van der Waals surface area contributed by atoms with Crippen LogP contribution in [0.5, 0.6) is 0 Å². The summed E-state index contributed by atoms with van der Waals surface area (Å²) >= 11 is 0. The van der Waals surface area contributed by atoms with Gasteiger partial charge >= 0.3 is 0 Å². The monoisotopic (exact) mass is 218 g/mol. The fourth-order valence-corrected chi connectivity index (χ4v) is 2.62. The summed E-state index contributed by atoms with van der Waals surface area (Å²) in [7, 11) is 1.77. The molecule has 1 fully saturated rings.